The largest absolute Gasteiger partial charge is 0.481 e. The first kappa shape index (κ1) is 17.7. The van der Waals surface area contributed by atoms with Gasteiger partial charge in [-0.15, -0.1) is 0 Å². The van der Waals surface area contributed by atoms with Gasteiger partial charge >= 0.3 is 5.97 Å². The first-order valence-corrected chi connectivity index (χ1v) is 9.82. The van der Waals surface area contributed by atoms with Crippen LogP contribution in [0.3, 0.4) is 0 Å². The van der Waals surface area contributed by atoms with Gasteiger partial charge in [0.2, 0.25) is 5.91 Å². The molecule has 2 atom stereocenters. The number of carbonyl (C=O) groups is 2. The van der Waals surface area contributed by atoms with Crippen LogP contribution in [0.25, 0.3) is 0 Å². The number of fused-ring (bicyclic) bond motifs is 1. The van der Waals surface area contributed by atoms with Crippen molar-refractivity contribution in [3.05, 3.63) is 101 Å². The van der Waals surface area contributed by atoms with Gasteiger partial charge in [0.15, 0.2) is 0 Å². The molecular weight excluding hydrogens is 362 g/mol. The van der Waals surface area contributed by atoms with Gasteiger partial charge in [-0.2, -0.15) is 0 Å². The Labute approximate surface area is 169 Å². The lowest BCUT2D eigenvalue weighted by Gasteiger charge is -2.49. The molecule has 1 amide bonds. The molecule has 0 aromatic heterocycles. The second kappa shape index (κ2) is 6.59. The lowest BCUT2D eigenvalue weighted by atomic mass is 9.54. The fourth-order valence-electron chi connectivity index (χ4n) is 5.27. The Morgan fingerprint density at radius 2 is 1.10 bits per heavy atom. The maximum atomic E-state index is 13.7. The van der Waals surface area contributed by atoms with Gasteiger partial charge in [-0.3, -0.25) is 9.59 Å². The minimum Gasteiger partial charge on any atom is -0.481 e. The van der Waals surface area contributed by atoms with E-state index in [1.165, 1.54) is 0 Å². The first-order chi connectivity index (χ1) is 14.1. The van der Waals surface area contributed by atoms with Crippen molar-refractivity contribution in [3.63, 3.8) is 0 Å². The molecule has 2 bridgehead atoms. The summed E-state index contributed by atoms with van der Waals surface area (Å²) in [7, 11) is 1.73. The molecule has 3 aromatic carbocycles. The predicted molar refractivity (Wildman–Crippen MR) is 111 cm³/mol. The number of carboxylic acids is 1. The molecule has 0 spiro atoms. The topological polar surface area (TPSA) is 57.6 Å². The van der Waals surface area contributed by atoms with Crippen LogP contribution >= 0.6 is 0 Å². The van der Waals surface area contributed by atoms with Crippen molar-refractivity contribution in [1.82, 2.24) is 0 Å². The molecule has 0 unspecified atom stereocenters. The van der Waals surface area contributed by atoms with E-state index in [0.29, 0.717) is 0 Å². The number of aliphatic carboxylic acids is 1. The zero-order chi connectivity index (χ0) is 20.1. The second-order valence-corrected chi connectivity index (χ2v) is 7.84. The highest BCUT2D eigenvalue weighted by atomic mass is 16.4. The number of anilines is 1. The van der Waals surface area contributed by atoms with Crippen LogP contribution in [0, 0.1) is 11.8 Å². The minimum absolute atomic E-state index is 0.150. The van der Waals surface area contributed by atoms with E-state index in [-0.39, 0.29) is 17.7 Å². The zero-order valence-corrected chi connectivity index (χ0v) is 16.0. The molecular formula is C25H21NO3. The third-order valence-electron chi connectivity index (χ3n) is 6.48. The smallest absolute Gasteiger partial charge is 0.308 e. The second-order valence-electron chi connectivity index (χ2n) is 7.84. The zero-order valence-electron chi connectivity index (χ0n) is 16.0. The number of carboxylic acid groups (broad SMARTS) is 1. The number of nitrogens with zero attached hydrogens (tertiary/aromatic N) is 1. The molecule has 0 saturated heterocycles. The van der Waals surface area contributed by atoms with Crippen LogP contribution in [0.5, 0.6) is 0 Å². The fraction of sp³-hybridized carbons (Fsp3) is 0.200. The number of carbonyl (C=O) groups excluding carboxylic acids is 1. The number of para-hydroxylation sites is 1. The summed E-state index contributed by atoms with van der Waals surface area (Å²) >= 11 is 0. The van der Waals surface area contributed by atoms with Gasteiger partial charge in [0, 0.05) is 24.6 Å². The molecule has 6 rings (SSSR count). The molecule has 29 heavy (non-hydrogen) atoms. The van der Waals surface area contributed by atoms with Gasteiger partial charge in [0.1, 0.15) is 0 Å². The van der Waals surface area contributed by atoms with Gasteiger partial charge in [-0.1, -0.05) is 66.7 Å². The van der Waals surface area contributed by atoms with Crippen molar-refractivity contribution in [2.45, 2.75) is 11.8 Å². The van der Waals surface area contributed by atoms with E-state index in [1.54, 1.807) is 11.9 Å². The molecule has 0 saturated carbocycles. The Bertz CT molecular complexity index is 1060. The SMILES string of the molecule is CN(C(=O)[C@H]1C2c3ccccc3C(c3ccccc32)[C@H]1C(=O)O)c1ccccc1. The van der Waals surface area contributed by atoms with Gasteiger partial charge in [0.25, 0.3) is 0 Å². The summed E-state index contributed by atoms with van der Waals surface area (Å²) in [6.07, 6.45) is 0. The van der Waals surface area contributed by atoms with E-state index in [1.807, 2.05) is 78.9 Å². The summed E-state index contributed by atoms with van der Waals surface area (Å²) in [5.41, 5.74) is 5.00. The molecule has 1 N–H and O–H groups in total. The van der Waals surface area contributed by atoms with E-state index in [4.69, 9.17) is 0 Å². The number of benzene rings is 3. The van der Waals surface area contributed by atoms with E-state index in [9.17, 15) is 14.7 Å². The van der Waals surface area contributed by atoms with Crippen LogP contribution in [-0.4, -0.2) is 24.0 Å². The third-order valence-corrected chi connectivity index (χ3v) is 6.48. The average molecular weight is 383 g/mol. The molecule has 4 heteroatoms. The Morgan fingerprint density at radius 3 is 1.55 bits per heavy atom. The van der Waals surface area contributed by atoms with Crippen LogP contribution in [0.15, 0.2) is 78.9 Å². The standard InChI is InChI=1S/C25H21NO3/c1-26(15-9-3-2-4-10-15)24(27)22-20-16-11-5-7-13-18(16)21(23(22)25(28)29)19-14-8-6-12-17(19)20/h2-14,20-23H,1H3,(H,28,29)/t20?,21?,22-,23+/m0/s1. The van der Waals surface area contributed by atoms with E-state index < -0.39 is 17.8 Å². The maximum absolute atomic E-state index is 13.7. The average Bonchev–Trinajstić information content (AvgIpc) is 2.78. The normalized spacial score (nSPS) is 23.8. The minimum atomic E-state index is -0.913. The number of hydrogen-bond acceptors (Lipinski definition) is 2. The summed E-state index contributed by atoms with van der Waals surface area (Å²) in [6.45, 7) is 0. The lowest BCUT2D eigenvalue weighted by molar-refractivity contribution is -0.148. The Balaban J connectivity index is 1.70. The summed E-state index contributed by atoms with van der Waals surface area (Å²) < 4.78 is 0. The highest BCUT2D eigenvalue weighted by Crippen LogP contribution is 2.58. The number of rotatable bonds is 3. The van der Waals surface area contributed by atoms with Gasteiger partial charge in [-0.25, -0.2) is 0 Å². The van der Waals surface area contributed by atoms with Crippen molar-refractivity contribution >= 4 is 17.6 Å². The molecule has 0 fully saturated rings. The van der Waals surface area contributed by atoms with Crippen LogP contribution in [0.4, 0.5) is 5.69 Å². The summed E-state index contributed by atoms with van der Waals surface area (Å²) in [5, 5.41) is 10.2. The summed E-state index contributed by atoms with van der Waals surface area (Å²) in [5.74, 6) is -3.07. The lowest BCUT2D eigenvalue weighted by Crippen LogP contribution is -2.50. The molecule has 4 nitrogen and oxygen atoms in total. The maximum Gasteiger partial charge on any atom is 0.308 e. The van der Waals surface area contributed by atoms with Gasteiger partial charge in [-0.05, 0) is 34.4 Å². The molecule has 0 radical (unpaired) electrons. The van der Waals surface area contributed by atoms with E-state index in [0.717, 1.165) is 27.9 Å². The van der Waals surface area contributed by atoms with Crippen LogP contribution in [-0.2, 0) is 9.59 Å². The van der Waals surface area contributed by atoms with E-state index in [2.05, 4.69) is 0 Å². The molecule has 144 valence electrons. The van der Waals surface area contributed by atoms with Gasteiger partial charge in [0.05, 0.1) is 11.8 Å². The molecule has 3 aliphatic rings. The quantitative estimate of drug-likeness (QED) is 0.735. The molecule has 3 aliphatic carbocycles. The van der Waals surface area contributed by atoms with Crippen molar-refractivity contribution in [1.29, 1.82) is 0 Å². The predicted octanol–water partition coefficient (Wildman–Crippen LogP) is 4.26. The number of hydrogen-bond donors (Lipinski definition) is 1. The highest BCUT2D eigenvalue weighted by Gasteiger charge is 2.55. The summed E-state index contributed by atoms with van der Waals surface area (Å²) in [4.78, 5) is 27.8. The van der Waals surface area contributed by atoms with Gasteiger partial charge < -0.3 is 10.0 Å². The van der Waals surface area contributed by atoms with E-state index >= 15 is 0 Å². The highest BCUT2D eigenvalue weighted by molar-refractivity contribution is 5.99. The van der Waals surface area contributed by atoms with Crippen LogP contribution in [0.2, 0.25) is 0 Å². The first-order valence-electron chi connectivity index (χ1n) is 9.82. The Kier molecular flexibility index (Phi) is 4.02. The van der Waals surface area contributed by atoms with Crippen molar-refractivity contribution in [2.24, 2.45) is 11.8 Å². The molecule has 0 heterocycles. The fourth-order valence-corrected chi connectivity index (χ4v) is 5.27. The Morgan fingerprint density at radius 1 is 0.690 bits per heavy atom. The summed E-state index contributed by atoms with van der Waals surface area (Å²) in [6, 6.07) is 25.4. The molecule has 0 aliphatic heterocycles. The van der Waals surface area contributed by atoms with Crippen LogP contribution in [0.1, 0.15) is 34.1 Å². The number of amides is 1. The molecule has 3 aromatic rings. The van der Waals surface area contributed by atoms with Crippen LogP contribution < -0.4 is 4.90 Å². The Hall–Kier alpha value is -3.40. The third kappa shape index (κ3) is 2.52. The monoisotopic (exact) mass is 383 g/mol. The van der Waals surface area contributed by atoms with Crippen molar-refractivity contribution < 1.29 is 14.7 Å². The van der Waals surface area contributed by atoms with Crippen molar-refractivity contribution in [3.8, 4) is 0 Å². The van der Waals surface area contributed by atoms with Crippen molar-refractivity contribution in [2.75, 3.05) is 11.9 Å².